The number of pyridine rings is 1. The predicted octanol–water partition coefficient (Wildman–Crippen LogP) is 1.08. The molecule has 0 spiro atoms. The quantitative estimate of drug-likeness (QED) is 0.862. The van der Waals surface area contributed by atoms with Gasteiger partial charge in [0, 0.05) is 12.1 Å². The van der Waals surface area contributed by atoms with Crippen molar-refractivity contribution >= 4 is 10.9 Å². The number of hydrogen-bond donors (Lipinski definition) is 1. The molecule has 0 radical (unpaired) electrons. The summed E-state index contributed by atoms with van der Waals surface area (Å²) in [6, 6.07) is 8.20. The summed E-state index contributed by atoms with van der Waals surface area (Å²) >= 11 is 0. The highest BCUT2D eigenvalue weighted by Crippen LogP contribution is 2.19. The van der Waals surface area contributed by atoms with Crippen LogP contribution in [0, 0.1) is 0 Å². The van der Waals surface area contributed by atoms with E-state index in [1.54, 1.807) is 28.8 Å². The molecule has 1 fully saturated rings. The standard InChI is InChI=1S/C13H13NO4/c15-10-3-1-9-2-4-12(16)14(11(9)7-10)8-13-17-5-6-18-13/h1-4,7,13,15H,5-6,8H2. The summed E-state index contributed by atoms with van der Waals surface area (Å²) in [6.07, 6.45) is -0.393. The van der Waals surface area contributed by atoms with Crippen molar-refractivity contribution in [2.75, 3.05) is 13.2 Å². The lowest BCUT2D eigenvalue weighted by atomic mass is 10.2. The van der Waals surface area contributed by atoms with Crippen molar-refractivity contribution in [3.63, 3.8) is 0 Å². The van der Waals surface area contributed by atoms with E-state index in [0.717, 1.165) is 5.39 Å². The van der Waals surface area contributed by atoms with Crippen LogP contribution in [0.25, 0.3) is 10.9 Å². The van der Waals surface area contributed by atoms with Crippen LogP contribution in [0.4, 0.5) is 0 Å². The smallest absolute Gasteiger partial charge is 0.251 e. The fourth-order valence-electron chi connectivity index (χ4n) is 2.13. The lowest BCUT2D eigenvalue weighted by Gasteiger charge is -2.14. The minimum absolute atomic E-state index is 0.132. The third kappa shape index (κ3) is 1.98. The van der Waals surface area contributed by atoms with Crippen LogP contribution in [-0.4, -0.2) is 29.2 Å². The van der Waals surface area contributed by atoms with Crippen molar-refractivity contribution in [2.24, 2.45) is 0 Å². The Balaban J connectivity index is 2.10. The molecule has 5 nitrogen and oxygen atoms in total. The Hall–Kier alpha value is -1.85. The molecule has 94 valence electrons. The van der Waals surface area contributed by atoms with Gasteiger partial charge in [-0.1, -0.05) is 0 Å². The second-order valence-corrected chi connectivity index (χ2v) is 4.20. The van der Waals surface area contributed by atoms with E-state index in [9.17, 15) is 9.90 Å². The summed E-state index contributed by atoms with van der Waals surface area (Å²) in [5, 5.41) is 10.4. The van der Waals surface area contributed by atoms with Gasteiger partial charge in [-0.3, -0.25) is 4.79 Å². The third-order valence-corrected chi connectivity index (χ3v) is 3.00. The highest BCUT2D eigenvalue weighted by Gasteiger charge is 2.18. The molecule has 0 bridgehead atoms. The average Bonchev–Trinajstić information content (AvgIpc) is 2.86. The van der Waals surface area contributed by atoms with Crippen LogP contribution in [0.5, 0.6) is 5.75 Å². The largest absolute Gasteiger partial charge is 0.508 e. The molecule has 2 heterocycles. The first-order valence-electron chi connectivity index (χ1n) is 5.80. The zero-order valence-electron chi connectivity index (χ0n) is 9.70. The number of nitrogens with zero attached hydrogens (tertiary/aromatic N) is 1. The monoisotopic (exact) mass is 247 g/mol. The van der Waals surface area contributed by atoms with Gasteiger partial charge in [-0.2, -0.15) is 0 Å². The summed E-state index contributed by atoms with van der Waals surface area (Å²) < 4.78 is 12.3. The fourth-order valence-corrected chi connectivity index (χ4v) is 2.13. The highest BCUT2D eigenvalue weighted by atomic mass is 16.7. The molecule has 0 aliphatic carbocycles. The van der Waals surface area contributed by atoms with Crippen LogP contribution in [0.2, 0.25) is 0 Å². The summed E-state index contributed by atoms with van der Waals surface area (Å²) in [7, 11) is 0. The first-order chi connectivity index (χ1) is 8.74. The Morgan fingerprint density at radius 2 is 1.94 bits per heavy atom. The molecule has 0 amide bonds. The molecule has 1 aliphatic rings. The van der Waals surface area contributed by atoms with Crippen LogP contribution < -0.4 is 5.56 Å². The number of phenolic OH excluding ortho intramolecular Hbond substituents is 1. The zero-order valence-corrected chi connectivity index (χ0v) is 9.70. The van der Waals surface area contributed by atoms with Crippen LogP contribution >= 0.6 is 0 Å². The molecule has 1 saturated heterocycles. The predicted molar refractivity (Wildman–Crippen MR) is 65.6 cm³/mol. The molecular weight excluding hydrogens is 234 g/mol. The maximum absolute atomic E-state index is 11.9. The Morgan fingerprint density at radius 1 is 1.22 bits per heavy atom. The lowest BCUT2D eigenvalue weighted by Crippen LogP contribution is -2.26. The van der Waals surface area contributed by atoms with Gasteiger partial charge in [-0.15, -0.1) is 0 Å². The van der Waals surface area contributed by atoms with Gasteiger partial charge in [0.2, 0.25) is 0 Å². The molecular formula is C13H13NO4. The van der Waals surface area contributed by atoms with Gasteiger partial charge in [0.15, 0.2) is 6.29 Å². The van der Waals surface area contributed by atoms with Gasteiger partial charge >= 0.3 is 0 Å². The number of fused-ring (bicyclic) bond motifs is 1. The molecule has 1 N–H and O–H groups in total. The summed E-state index contributed by atoms with van der Waals surface area (Å²) in [5.74, 6) is 0.134. The van der Waals surface area contributed by atoms with E-state index in [2.05, 4.69) is 0 Å². The normalized spacial score (nSPS) is 16.4. The van der Waals surface area contributed by atoms with Gasteiger partial charge in [-0.25, -0.2) is 0 Å². The molecule has 0 saturated carbocycles. The molecule has 18 heavy (non-hydrogen) atoms. The maximum Gasteiger partial charge on any atom is 0.251 e. The van der Waals surface area contributed by atoms with E-state index >= 15 is 0 Å². The number of ether oxygens (including phenoxy) is 2. The van der Waals surface area contributed by atoms with E-state index in [-0.39, 0.29) is 11.3 Å². The molecule has 3 rings (SSSR count). The summed E-state index contributed by atoms with van der Waals surface area (Å²) in [5.41, 5.74) is 0.550. The van der Waals surface area contributed by atoms with Crippen molar-refractivity contribution in [1.82, 2.24) is 4.57 Å². The molecule has 1 aromatic carbocycles. The Bertz CT molecular complexity index is 628. The lowest BCUT2D eigenvalue weighted by molar-refractivity contribution is -0.0522. The number of rotatable bonds is 2. The van der Waals surface area contributed by atoms with E-state index < -0.39 is 6.29 Å². The van der Waals surface area contributed by atoms with Crippen molar-refractivity contribution in [3.8, 4) is 5.75 Å². The van der Waals surface area contributed by atoms with E-state index in [1.807, 2.05) is 0 Å². The van der Waals surface area contributed by atoms with Gasteiger partial charge in [0.1, 0.15) is 5.75 Å². The SMILES string of the molecule is O=c1ccc2ccc(O)cc2n1CC1OCCO1. The first kappa shape index (κ1) is 11.3. The van der Waals surface area contributed by atoms with Crippen LogP contribution in [0.3, 0.4) is 0 Å². The number of phenols is 1. The average molecular weight is 247 g/mol. The van der Waals surface area contributed by atoms with Gasteiger partial charge in [0.25, 0.3) is 5.56 Å². The molecule has 1 aliphatic heterocycles. The summed E-state index contributed by atoms with van der Waals surface area (Å²) in [6.45, 7) is 1.44. The highest BCUT2D eigenvalue weighted by molar-refractivity contribution is 5.80. The van der Waals surface area contributed by atoms with Crippen LogP contribution in [0.1, 0.15) is 0 Å². The fraction of sp³-hybridized carbons (Fsp3) is 0.308. The minimum atomic E-state index is -0.393. The van der Waals surface area contributed by atoms with Crippen LogP contribution in [-0.2, 0) is 16.0 Å². The van der Waals surface area contributed by atoms with Crippen LogP contribution in [0.15, 0.2) is 35.1 Å². The van der Waals surface area contributed by atoms with Gasteiger partial charge in [-0.05, 0) is 23.6 Å². The van der Waals surface area contributed by atoms with Crippen molar-refractivity contribution in [1.29, 1.82) is 0 Å². The molecule has 0 unspecified atom stereocenters. The van der Waals surface area contributed by atoms with E-state index in [4.69, 9.17) is 9.47 Å². The molecule has 2 aromatic rings. The van der Waals surface area contributed by atoms with Crippen molar-refractivity contribution < 1.29 is 14.6 Å². The Morgan fingerprint density at radius 3 is 2.72 bits per heavy atom. The number of hydrogen-bond acceptors (Lipinski definition) is 4. The first-order valence-corrected chi connectivity index (χ1v) is 5.80. The van der Waals surface area contributed by atoms with Gasteiger partial charge in [0.05, 0.1) is 25.3 Å². The third-order valence-electron chi connectivity index (χ3n) is 3.00. The number of aromatic hydroxyl groups is 1. The second kappa shape index (κ2) is 4.44. The molecule has 0 atom stereocenters. The van der Waals surface area contributed by atoms with Crippen molar-refractivity contribution in [2.45, 2.75) is 12.8 Å². The number of benzene rings is 1. The van der Waals surface area contributed by atoms with E-state index in [0.29, 0.717) is 25.3 Å². The van der Waals surface area contributed by atoms with Crippen molar-refractivity contribution in [3.05, 3.63) is 40.7 Å². The Kier molecular flexibility index (Phi) is 2.77. The number of aromatic nitrogens is 1. The zero-order chi connectivity index (χ0) is 12.5. The maximum atomic E-state index is 11.9. The molecule has 5 heteroatoms. The topological polar surface area (TPSA) is 60.7 Å². The van der Waals surface area contributed by atoms with E-state index in [1.165, 1.54) is 6.07 Å². The molecule has 1 aromatic heterocycles. The van der Waals surface area contributed by atoms with Gasteiger partial charge < -0.3 is 19.1 Å². The Labute approximate surface area is 103 Å². The summed E-state index contributed by atoms with van der Waals surface area (Å²) in [4.78, 5) is 11.9. The minimum Gasteiger partial charge on any atom is -0.508 e. The second-order valence-electron chi connectivity index (χ2n) is 4.20.